The molecule has 0 aromatic carbocycles. The SMILES string of the molecule is CC1NC(=O)CC1(C1CC1)C1CC1. The van der Waals surface area contributed by atoms with Crippen LogP contribution >= 0.6 is 0 Å². The van der Waals surface area contributed by atoms with Crippen LogP contribution in [0.15, 0.2) is 0 Å². The van der Waals surface area contributed by atoms with E-state index in [1.54, 1.807) is 0 Å². The fourth-order valence-electron chi connectivity index (χ4n) is 3.43. The van der Waals surface area contributed by atoms with E-state index >= 15 is 0 Å². The number of rotatable bonds is 2. The average molecular weight is 179 g/mol. The van der Waals surface area contributed by atoms with Crippen molar-refractivity contribution >= 4 is 5.91 Å². The average Bonchev–Trinajstić information content (AvgIpc) is 2.95. The van der Waals surface area contributed by atoms with Gasteiger partial charge in [0.15, 0.2) is 0 Å². The number of hydrogen-bond acceptors (Lipinski definition) is 1. The number of amides is 1. The van der Waals surface area contributed by atoms with E-state index in [2.05, 4.69) is 12.2 Å². The Morgan fingerprint density at radius 2 is 1.77 bits per heavy atom. The van der Waals surface area contributed by atoms with E-state index in [9.17, 15) is 4.79 Å². The second kappa shape index (κ2) is 2.28. The second-order valence-electron chi connectivity index (χ2n) is 5.13. The highest BCUT2D eigenvalue weighted by Crippen LogP contribution is 2.62. The molecule has 2 heteroatoms. The molecule has 0 radical (unpaired) electrons. The van der Waals surface area contributed by atoms with Crippen molar-refractivity contribution in [3.63, 3.8) is 0 Å². The first-order valence-electron chi connectivity index (χ1n) is 5.53. The molecule has 2 nitrogen and oxygen atoms in total. The van der Waals surface area contributed by atoms with Gasteiger partial charge in [-0.1, -0.05) is 0 Å². The Balaban J connectivity index is 1.92. The normalized spacial score (nSPS) is 37.6. The first kappa shape index (κ1) is 7.84. The summed E-state index contributed by atoms with van der Waals surface area (Å²) < 4.78 is 0. The lowest BCUT2D eigenvalue weighted by Crippen LogP contribution is -2.38. The summed E-state index contributed by atoms with van der Waals surface area (Å²) in [7, 11) is 0. The standard InChI is InChI=1S/C11H17NO/c1-7-11(8-2-3-8,9-4-5-9)6-10(13)12-7/h7-9H,2-6H2,1H3,(H,12,13). The van der Waals surface area contributed by atoms with Crippen molar-refractivity contribution in [2.45, 2.75) is 45.1 Å². The largest absolute Gasteiger partial charge is 0.353 e. The zero-order valence-corrected chi connectivity index (χ0v) is 8.18. The third-order valence-electron chi connectivity index (χ3n) is 4.33. The molecule has 0 spiro atoms. The summed E-state index contributed by atoms with van der Waals surface area (Å²) in [6.07, 6.45) is 6.31. The number of nitrogens with one attached hydrogen (secondary N) is 1. The van der Waals surface area contributed by atoms with Crippen molar-refractivity contribution in [1.82, 2.24) is 5.32 Å². The molecular weight excluding hydrogens is 162 g/mol. The Morgan fingerprint density at radius 3 is 2.08 bits per heavy atom. The van der Waals surface area contributed by atoms with Gasteiger partial charge >= 0.3 is 0 Å². The smallest absolute Gasteiger partial charge is 0.220 e. The monoisotopic (exact) mass is 179 g/mol. The maximum Gasteiger partial charge on any atom is 0.220 e. The highest BCUT2D eigenvalue weighted by atomic mass is 16.2. The van der Waals surface area contributed by atoms with Crippen molar-refractivity contribution in [2.24, 2.45) is 17.3 Å². The molecule has 0 bridgehead atoms. The lowest BCUT2D eigenvalue weighted by Gasteiger charge is -2.32. The number of hydrogen-bond donors (Lipinski definition) is 1. The zero-order valence-electron chi connectivity index (χ0n) is 8.18. The summed E-state index contributed by atoms with van der Waals surface area (Å²) >= 11 is 0. The van der Waals surface area contributed by atoms with Crippen molar-refractivity contribution in [1.29, 1.82) is 0 Å². The fraction of sp³-hybridized carbons (Fsp3) is 0.909. The third kappa shape index (κ3) is 0.976. The lowest BCUT2D eigenvalue weighted by atomic mass is 9.72. The molecule has 3 aliphatic rings. The molecular formula is C11H17NO. The Hall–Kier alpha value is -0.530. The van der Waals surface area contributed by atoms with Gasteiger partial charge in [0.05, 0.1) is 0 Å². The van der Waals surface area contributed by atoms with Gasteiger partial charge in [-0.2, -0.15) is 0 Å². The molecule has 3 fully saturated rings. The molecule has 2 aliphatic carbocycles. The van der Waals surface area contributed by atoms with Crippen molar-refractivity contribution in [2.75, 3.05) is 0 Å². The van der Waals surface area contributed by atoms with Gasteiger partial charge in [-0.05, 0) is 44.4 Å². The summed E-state index contributed by atoms with van der Waals surface area (Å²) in [5.41, 5.74) is 0.386. The predicted molar refractivity (Wildman–Crippen MR) is 50.1 cm³/mol. The molecule has 0 aromatic rings. The van der Waals surface area contributed by atoms with Crippen LogP contribution in [0.2, 0.25) is 0 Å². The molecule has 1 atom stereocenters. The highest BCUT2D eigenvalue weighted by Gasteiger charge is 2.60. The van der Waals surface area contributed by atoms with Crippen LogP contribution in [0.4, 0.5) is 0 Å². The van der Waals surface area contributed by atoms with E-state index in [-0.39, 0.29) is 0 Å². The molecule has 1 heterocycles. The predicted octanol–water partition coefficient (Wildman–Crippen LogP) is 1.70. The zero-order chi connectivity index (χ0) is 9.05. The van der Waals surface area contributed by atoms with Gasteiger partial charge in [0.2, 0.25) is 5.91 Å². The van der Waals surface area contributed by atoms with E-state index < -0.39 is 0 Å². The molecule has 1 N–H and O–H groups in total. The van der Waals surface area contributed by atoms with Crippen molar-refractivity contribution in [3.8, 4) is 0 Å². The van der Waals surface area contributed by atoms with Crippen LogP contribution in [-0.4, -0.2) is 11.9 Å². The van der Waals surface area contributed by atoms with Crippen LogP contribution in [0.25, 0.3) is 0 Å². The van der Waals surface area contributed by atoms with Gasteiger partial charge in [0.25, 0.3) is 0 Å². The number of carbonyl (C=O) groups excluding carboxylic acids is 1. The summed E-state index contributed by atoms with van der Waals surface area (Å²) in [5, 5.41) is 3.11. The summed E-state index contributed by atoms with van der Waals surface area (Å²) in [6.45, 7) is 2.21. The van der Waals surface area contributed by atoms with Gasteiger partial charge in [-0.3, -0.25) is 4.79 Å². The fourth-order valence-corrected chi connectivity index (χ4v) is 3.43. The Morgan fingerprint density at radius 1 is 1.23 bits per heavy atom. The summed E-state index contributed by atoms with van der Waals surface area (Å²) in [6, 6.07) is 0.444. The van der Waals surface area contributed by atoms with Crippen LogP contribution < -0.4 is 5.32 Å². The molecule has 3 rings (SSSR count). The maximum absolute atomic E-state index is 11.4. The number of carbonyl (C=O) groups is 1. The Kier molecular flexibility index (Phi) is 1.38. The molecule has 72 valence electrons. The Labute approximate surface area is 79.1 Å². The molecule has 13 heavy (non-hydrogen) atoms. The molecule has 1 aliphatic heterocycles. The first-order chi connectivity index (χ1) is 6.23. The minimum Gasteiger partial charge on any atom is -0.353 e. The van der Waals surface area contributed by atoms with E-state index in [0.29, 0.717) is 17.4 Å². The van der Waals surface area contributed by atoms with Crippen LogP contribution in [0.1, 0.15) is 39.0 Å². The van der Waals surface area contributed by atoms with Gasteiger partial charge in [-0.25, -0.2) is 0 Å². The molecule has 2 saturated carbocycles. The highest BCUT2D eigenvalue weighted by molar-refractivity contribution is 5.80. The van der Waals surface area contributed by atoms with E-state index in [1.807, 2.05) is 0 Å². The van der Waals surface area contributed by atoms with Crippen molar-refractivity contribution < 1.29 is 4.79 Å². The second-order valence-corrected chi connectivity index (χ2v) is 5.13. The molecule has 1 saturated heterocycles. The van der Waals surface area contributed by atoms with E-state index in [0.717, 1.165) is 18.3 Å². The van der Waals surface area contributed by atoms with Crippen LogP contribution in [-0.2, 0) is 4.79 Å². The lowest BCUT2D eigenvalue weighted by molar-refractivity contribution is -0.119. The summed E-state index contributed by atoms with van der Waals surface area (Å²) in [5.74, 6) is 2.04. The Bertz CT molecular complexity index is 241. The van der Waals surface area contributed by atoms with Crippen LogP contribution in [0.3, 0.4) is 0 Å². The quantitative estimate of drug-likeness (QED) is 0.687. The molecule has 0 aromatic heterocycles. The minimum atomic E-state index is 0.297. The van der Waals surface area contributed by atoms with Gasteiger partial charge < -0.3 is 5.32 Å². The topological polar surface area (TPSA) is 29.1 Å². The minimum absolute atomic E-state index is 0.297. The van der Waals surface area contributed by atoms with E-state index in [4.69, 9.17) is 0 Å². The van der Waals surface area contributed by atoms with E-state index in [1.165, 1.54) is 25.7 Å². The van der Waals surface area contributed by atoms with Gasteiger partial charge in [-0.15, -0.1) is 0 Å². The summed E-state index contributed by atoms with van der Waals surface area (Å²) in [4.78, 5) is 11.4. The van der Waals surface area contributed by atoms with Gasteiger partial charge in [0, 0.05) is 17.9 Å². The molecule has 1 unspecified atom stereocenters. The third-order valence-corrected chi connectivity index (χ3v) is 4.33. The van der Waals surface area contributed by atoms with Gasteiger partial charge in [0.1, 0.15) is 0 Å². The van der Waals surface area contributed by atoms with Crippen LogP contribution in [0, 0.1) is 17.3 Å². The molecule has 1 amide bonds. The van der Waals surface area contributed by atoms with Crippen molar-refractivity contribution in [3.05, 3.63) is 0 Å². The maximum atomic E-state index is 11.4. The van der Waals surface area contributed by atoms with Crippen LogP contribution in [0.5, 0.6) is 0 Å². The first-order valence-corrected chi connectivity index (χ1v) is 5.53.